The Morgan fingerprint density at radius 2 is 1.54 bits per heavy atom. The average Bonchev–Trinajstić information content (AvgIpc) is 2.81. The van der Waals surface area contributed by atoms with Crippen molar-refractivity contribution in [1.29, 1.82) is 0 Å². The third-order valence-electron chi connectivity index (χ3n) is 5.48. The van der Waals surface area contributed by atoms with E-state index in [9.17, 15) is 9.59 Å². The van der Waals surface area contributed by atoms with Crippen molar-refractivity contribution in [3.63, 3.8) is 0 Å². The van der Waals surface area contributed by atoms with Gasteiger partial charge in [0.05, 0.1) is 0 Å². The summed E-state index contributed by atoms with van der Waals surface area (Å²) in [5, 5.41) is 3.67. The van der Waals surface area contributed by atoms with Crippen LogP contribution in [0.15, 0.2) is 78.9 Å². The van der Waals surface area contributed by atoms with Gasteiger partial charge in [-0.3, -0.25) is 9.59 Å². The second-order valence-electron chi connectivity index (χ2n) is 9.65. The minimum Gasteiger partial charge on any atom is -0.484 e. The van der Waals surface area contributed by atoms with Gasteiger partial charge in [0.15, 0.2) is 6.61 Å². The molecule has 1 N–H and O–H groups in total. The Kier molecular flexibility index (Phi) is 8.94. The lowest BCUT2D eigenvalue weighted by atomic mass is 10.0. The monoisotopic (exact) mass is 492 g/mol. The predicted octanol–water partition coefficient (Wildman–Crippen LogP) is 5.58. The molecule has 0 unspecified atom stereocenters. The highest BCUT2D eigenvalue weighted by molar-refractivity contribution is 6.30. The van der Waals surface area contributed by atoms with E-state index in [4.69, 9.17) is 16.3 Å². The quantitative estimate of drug-likeness (QED) is 0.424. The van der Waals surface area contributed by atoms with Crippen LogP contribution in [0.5, 0.6) is 5.75 Å². The van der Waals surface area contributed by atoms with Gasteiger partial charge in [0.1, 0.15) is 11.8 Å². The molecule has 0 spiro atoms. The summed E-state index contributed by atoms with van der Waals surface area (Å²) in [6.07, 6.45) is 0.381. The van der Waals surface area contributed by atoms with Crippen LogP contribution in [0.3, 0.4) is 0 Å². The second-order valence-corrected chi connectivity index (χ2v) is 10.1. The largest absolute Gasteiger partial charge is 0.484 e. The number of nitrogens with zero attached hydrogens (tertiary/aromatic N) is 1. The molecule has 0 aliphatic carbocycles. The van der Waals surface area contributed by atoms with Crippen molar-refractivity contribution < 1.29 is 14.3 Å². The predicted molar refractivity (Wildman–Crippen MR) is 141 cm³/mol. The maximum atomic E-state index is 13.6. The molecular formula is C29H33ClN2O3. The van der Waals surface area contributed by atoms with Gasteiger partial charge in [0.2, 0.25) is 5.91 Å². The van der Waals surface area contributed by atoms with Crippen molar-refractivity contribution in [2.75, 3.05) is 6.61 Å². The lowest BCUT2D eigenvalue weighted by molar-refractivity contribution is -0.143. The molecule has 184 valence electrons. The number of hydrogen-bond acceptors (Lipinski definition) is 3. The molecule has 0 saturated heterocycles. The number of halogens is 1. The van der Waals surface area contributed by atoms with Crippen LogP contribution in [0.25, 0.3) is 0 Å². The van der Waals surface area contributed by atoms with Crippen molar-refractivity contribution in [2.45, 2.75) is 52.2 Å². The highest BCUT2D eigenvalue weighted by Gasteiger charge is 2.32. The topological polar surface area (TPSA) is 58.6 Å². The second kappa shape index (κ2) is 11.9. The molecule has 2 amide bonds. The molecule has 6 heteroatoms. The number of hydrogen-bond donors (Lipinski definition) is 1. The molecule has 5 nitrogen and oxygen atoms in total. The number of benzene rings is 3. The van der Waals surface area contributed by atoms with Crippen LogP contribution >= 0.6 is 11.6 Å². The Morgan fingerprint density at radius 3 is 2.17 bits per heavy atom. The molecule has 3 rings (SSSR count). The number of aryl methyl sites for hydroxylation is 1. The van der Waals surface area contributed by atoms with E-state index in [0.717, 1.165) is 16.7 Å². The first-order valence-corrected chi connectivity index (χ1v) is 12.1. The van der Waals surface area contributed by atoms with Gasteiger partial charge in [-0.1, -0.05) is 72.3 Å². The van der Waals surface area contributed by atoms with Crippen LogP contribution in [0.1, 0.15) is 37.5 Å². The number of nitrogens with one attached hydrogen (secondary N) is 1. The fourth-order valence-electron chi connectivity index (χ4n) is 3.73. The summed E-state index contributed by atoms with van der Waals surface area (Å²) in [4.78, 5) is 28.7. The van der Waals surface area contributed by atoms with Gasteiger partial charge in [0, 0.05) is 23.5 Å². The Hall–Kier alpha value is -3.31. The first kappa shape index (κ1) is 26.3. The van der Waals surface area contributed by atoms with E-state index in [0.29, 0.717) is 17.2 Å². The van der Waals surface area contributed by atoms with E-state index in [1.54, 1.807) is 17.0 Å². The summed E-state index contributed by atoms with van der Waals surface area (Å²) in [7, 11) is 0. The van der Waals surface area contributed by atoms with Gasteiger partial charge in [-0.25, -0.2) is 0 Å². The van der Waals surface area contributed by atoms with Crippen LogP contribution in [-0.4, -0.2) is 34.9 Å². The summed E-state index contributed by atoms with van der Waals surface area (Å²) in [6, 6.07) is 23.9. The molecule has 0 aliphatic rings. The highest BCUT2D eigenvalue weighted by Crippen LogP contribution is 2.20. The van der Waals surface area contributed by atoms with Gasteiger partial charge in [-0.2, -0.15) is 0 Å². The zero-order valence-corrected chi connectivity index (χ0v) is 21.5. The fourth-order valence-corrected chi connectivity index (χ4v) is 3.86. The van der Waals surface area contributed by atoms with Crippen LogP contribution in [0.4, 0.5) is 0 Å². The normalized spacial score (nSPS) is 12.0. The van der Waals surface area contributed by atoms with E-state index in [1.165, 1.54) is 0 Å². The summed E-state index contributed by atoms with van der Waals surface area (Å²) >= 11 is 6.07. The molecule has 0 radical (unpaired) electrons. The smallest absolute Gasteiger partial charge is 0.261 e. The Morgan fingerprint density at radius 1 is 0.914 bits per heavy atom. The molecule has 0 heterocycles. The number of rotatable bonds is 9. The van der Waals surface area contributed by atoms with Crippen LogP contribution in [0.2, 0.25) is 5.02 Å². The first-order valence-electron chi connectivity index (χ1n) is 11.7. The fraction of sp³-hybridized carbons (Fsp3) is 0.310. The molecule has 0 saturated carbocycles. The van der Waals surface area contributed by atoms with Crippen LogP contribution < -0.4 is 10.1 Å². The minimum atomic E-state index is -0.722. The summed E-state index contributed by atoms with van der Waals surface area (Å²) in [5.74, 6) is 0.166. The molecular weight excluding hydrogens is 460 g/mol. The van der Waals surface area contributed by atoms with Gasteiger partial charge >= 0.3 is 0 Å². The van der Waals surface area contributed by atoms with Crippen molar-refractivity contribution in [2.24, 2.45) is 0 Å². The number of amides is 2. The van der Waals surface area contributed by atoms with Gasteiger partial charge < -0.3 is 15.0 Å². The summed E-state index contributed by atoms with van der Waals surface area (Å²) in [6.45, 7) is 7.79. The molecule has 0 aromatic heterocycles. The molecule has 35 heavy (non-hydrogen) atoms. The summed E-state index contributed by atoms with van der Waals surface area (Å²) in [5.41, 5.74) is 2.34. The summed E-state index contributed by atoms with van der Waals surface area (Å²) < 4.78 is 5.87. The van der Waals surface area contributed by atoms with E-state index in [-0.39, 0.29) is 25.0 Å². The Balaban J connectivity index is 1.93. The zero-order chi connectivity index (χ0) is 25.4. The Bertz CT molecular complexity index is 1120. The molecule has 0 aliphatic heterocycles. The molecule has 3 aromatic carbocycles. The van der Waals surface area contributed by atoms with Crippen molar-refractivity contribution >= 4 is 23.4 Å². The maximum absolute atomic E-state index is 13.6. The number of carbonyl (C=O) groups is 2. The number of ether oxygens (including phenoxy) is 1. The molecule has 1 atom stereocenters. The van der Waals surface area contributed by atoms with Crippen molar-refractivity contribution in [3.8, 4) is 5.75 Å². The average molecular weight is 493 g/mol. The first-order chi connectivity index (χ1) is 16.6. The van der Waals surface area contributed by atoms with Crippen molar-refractivity contribution in [1.82, 2.24) is 10.2 Å². The maximum Gasteiger partial charge on any atom is 0.261 e. The van der Waals surface area contributed by atoms with Gasteiger partial charge in [-0.15, -0.1) is 0 Å². The zero-order valence-electron chi connectivity index (χ0n) is 20.8. The van der Waals surface area contributed by atoms with Crippen LogP contribution in [-0.2, 0) is 22.6 Å². The van der Waals surface area contributed by atoms with Gasteiger partial charge in [-0.05, 0) is 62.6 Å². The molecule has 3 aromatic rings. The third-order valence-corrected chi connectivity index (χ3v) is 5.73. The van der Waals surface area contributed by atoms with E-state index < -0.39 is 11.6 Å². The molecule has 0 fully saturated rings. The Labute approximate surface area is 213 Å². The highest BCUT2D eigenvalue weighted by atomic mass is 35.5. The molecule has 0 bridgehead atoms. The van der Waals surface area contributed by atoms with Gasteiger partial charge in [0.25, 0.3) is 5.91 Å². The van der Waals surface area contributed by atoms with E-state index in [2.05, 4.69) is 5.32 Å². The van der Waals surface area contributed by atoms with E-state index in [1.807, 2.05) is 94.4 Å². The van der Waals surface area contributed by atoms with E-state index >= 15 is 0 Å². The lowest BCUT2D eigenvalue weighted by Crippen LogP contribution is -2.55. The standard InChI is InChI=1S/C29H33ClN2O3/c1-21-10-8-9-13-26(21)35-20-27(33)32(19-23-14-16-24(30)17-15-23)25(28(34)31-29(2,3)4)18-22-11-6-5-7-12-22/h5-17,25H,18-20H2,1-4H3,(H,31,34)/t25-/m1/s1. The van der Waals surface area contributed by atoms with Crippen LogP contribution in [0, 0.1) is 6.92 Å². The third kappa shape index (κ3) is 8.15. The van der Waals surface area contributed by atoms with Crippen molar-refractivity contribution in [3.05, 3.63) is 101 Å². The number of carbonyl (C=O) groups excluding carboxylic acids is 2. The minimum absolute atomic E-state index is 0.174. The SMILES string of the molecule is Cc1ccccc1OCC(=O)N(Cc1ccc(Cl)cc1)[C@H](Cc1ccccc1)C(=O)NC(C)(C)C. The lowest BCUT2D eigenvalue weighted by Gasteiger charge is -2.33. The number of para-hydroxylation sites is 1.